The maximum atomic E-state index is 12.4. The molecule has 0 aliphatic carbocycles. The van der Waals surface area contributed by atoms with Crippen LogP contribution < -0.4 is 15.8 Å². The van der Waals surface area contributed by atoms with Crippen molar-refractivity contribution in [1.82, 2.24) is 5.32 Å². The number of ether oxygens (including phenoxy) is 2. The predicted octanol–water partition coefficient (Wildman–Crippen LogP) is 2.59. The molecule has 5 nitrogen and oxygen atoms in total. The van der Waals surface area contributed by atoms with E-state index in [4.69, 9.17) is 10.5 Å². The third-order valence-electron chi connectivity index (χ3n) is 3.35. The Morgan fingerprint density at radius 1 is 1.48 bits per heavy atom. The molecule has 23 heavy (non-hydrogen) atoms. The maximum absolute atomic E-state index is 12.4. The molecule has 1 heterocycles. The molecule has 130 valence electrons. The van der Waals surface area contributed by atoms with Crippen molar-refractivity contribution in [3.05, 3.63) is 28.2 Å². The lowest BCUT2D eigenvalue weighted by molar-refractivity contribution is -0.132. The van der Waals surface area contributed by atoms with E-state index in [1.807, 2.05) is 0 Å². The van der Waals surface area contributed by atoms with Crippen LogP contribution >= 0.6 is 28.3 Å². The SMILES string of the molecule is Cl.NC[C@H]1CC[C@@H](C(=O)NCc2cc(Br)ccc2OC(F)F)O1. The number of halogens is 4. The molecule has 9 heteroatoms. The number of rotatable bonds is 6. The largest absolute Gasteiger partial charge is 0.434 e. The van der Waals surface area contributed by atoms with Gasteiger partial charge in [-0.2, -0.15) is 8.78 Å². The Morgan fingerprint density at radius 2 is 2.22 bits per heavy atom. The van der Waals surface area contributed by atoms with Gasteiger partial charge in [-0.15, -0.1) is 12.4 Å². The molecule has 1 saturated heterocycles. The van der Waals surface area contributed by atoms with E-state index in [0.29, 0.717) is 23.0 Å². The highest BCUT2D eigenvalue weighted by molar-refractivity contribution is 9.10. The van der Waals surface area contributed by atoms with Gasteiger partial charge >= 0.3 is 6.61 Å². The first-order chi connectivity index (χ1) is 10.5. The zero-order valence-electron chi connectivity index (χ0n) is 12.1. The number of hydrogen-bond donors (Lipinski definition) is 2. The van der Waals surface area contributed by atoms with Gasteiger partial charge in [-0.1, -0.05) is 15.9 Å². The molecule has 1 aromatic rings. The molecule has 1 aliphatic heterocycles. The molecule has 1 fully saturated rings. The molecule has 2 rings (SSSR count). The van der Waals surface area contributed by atoms with E-state index in [1.165, 1.54) is 6.07 Å². The third kappa shape index (κ3) is 5.87. The second-order valence-corrected chi connectivity index (χ2v) is 5.82. The van der Waals surface area contributed by atoms with E-state index in [0.717, 1.165) is 6.42 Å². The Balaban J connectivity index is 0.00000264. The number of alkyl halides is 2. The van der Waals surface area contributed by atoms with Crippen LogP contribution in [0.25, 0.3) is 0 Å². The number of nitrogens with one attached hydrogen (secondary N) is 1. The van der Waals surface area contributed by atoms with Crippen molar-refractivity contribution in [3.63, 3.8) is 0 Å². The lowest BCUT2D eigenvalue weighted by atomic mass is 10.1. The summed E-state index contributed by atoms with van der Waals surface area (Å²) in [5, 5.41) is 2.68. The van der Waals surface area contributed by atoms with E-state index in [9.17, 15) is 13.6 Å². The summed E-state index contributed by atoms with van der Waals surface area (Å²) in [4.78, 5) is 12.0. The van der Waals surface area contributed by atoms with Crippen molar-refractivity contribution < 1.29 is 23.0 Å². The summed E-state index contributed by atoms with van der Waals surface area (Å²) in [5.74, 6) is -0.246. The Morgan fingerprint density at radius 3 is 2.83 bits per heavy atom. The fourth-order valence-electron chi connectivity index (χ4n) is 2.27. The van der Waals surface area contributed by atoms with Crippen LogP contribution in [0.15, 0.2) is 22.7 Å². The van der Waals surface area contributed by atoms with Crippen LogP contribution in [0.3, 0.4) is 0 Å². The zero-order valence-corrected chi connectivity index (χ0v) is 14.5. The van der Waals surface area contributed by atoms with Crippen molar-refractivity contribution >= 4 is 34.2 Å². The number of hydrogen-bond acceptors (Lipinski definition) is 4. The van der Waals surface area contributed by atoms with Gasteiger partial charge in [0.05, 0.1) is 6.10 Å². The van der Waals surface area contributed by atoms with Crippen molar-refractivity contribution in [2.45, 2.75) is 38.2 Å². The Labute approximate surface area is 147 Å². The van der Waals surface area contributed by atoms with E-state index < -0.39 is 12.7 Å². The zero-order chi connectivity index (χ0) is 16.1. The van der Waals surface area contributed by atoms with Gasteiger partial charge in [-0.05, 0) is 31.0 Å². The molecule has 0 bridgehead atoms. The molecule has 3 N–H and O–H groups in total. The number of amides is 1. The molecule has 1 amide bonds. The van der Waals surface area contributed by atoms with E-state index in [-0.39, 0.29) is 36.7 Å². The van der Waals surface area contributed by atoms with E-state index >= 15 is 0 Å². The first-order valence-electron chi connectivity index (χ1n) is 6.86. The Hall–Kier alpha value is -0.960. The fraction of sp³-hybridized carbons (Fsp3) is 0.500. The standard InChI is InChI=1S/C14H17BrF2N2O3.ClH/c15-9-1-3-11(22-14(16)17)8(5-9)7-19-13(20)12-4-2-10(6-18)21-12;/h1,3,5,10,12,14H,2,4,6-7,18H2,(H,19,20);1H/t10-,12+;/m1./s1. The smallest absolute Gasteiger partial charge is 0.387 e. The summed E-state index contributed by atoms with van der Waals surface area (Å²) >= 11 is 3.26. The monoisotopic (exact) mass is 414 g/mol. The van der Waals surface area contributed by atoms with Crippen molar-refractivity contribution in [1.29, 1.82) is 0 Å². The Kier molecular flexibility index (Phi) is 8.18. The molecule has 2 atom stereocenters. The van der Waals surface area contributed by atoms with Crippen LogP contribution in [-0.4, -0.2) is 31.3 Å². The summed E-state index contributed by atoms with van der Waals surface area (Å²) in [7, 11) is 0. The van der Waals surface area contributed by atoms with Gasteiger partial charge < -0.3 is 20.5 Å². The third-order valence-corrected chi connectivity index (χ3v) is 3.85. The van der Waals surface area contributed by atoms with Gasteiger partial charge in [0.25, 0.3) is 0 Å². The quantitative estimate of drug-likeness (QED) is 0.749. The minimum absolute atomic E-state index is 0. The number of benzene rings is 1. The van der Waals surface area contributed by atoms with Gasteiger partial charge in [0.15, 0.2) is 0 Å². The summed E-state index contributed by atoms with van der Waals surface area (Å²) in [5.41, 5.74) is 5.95. The molecule has 0 aromatic heterocycles. The molecule has 0 unspecified atom stereocenters. The summed E-state index contributed by atoms with van der Waals surface area (Å²) < 4.78 is 35.4. The van der Waals surface area contributed by atoms with Gasteiger partial charge in [0, 0.05) is 23.1 Å². The highest BCUT2D eigenvalue weighted by atomic mass is 79.9. The van der Waals surface area contributed by atoms with Gasteiger partial charge in [-0.3, -0.25) is 4.79 Å². The van der Waals surface area contributed by atoms with Crippen LogP contribution in [0, 0.1) is 0 Å². The second-order valence-electron chi connectivity index (χ2n) is 4.91. The molecule has 0 radical (unpaired) electrons. The lowest BCUT2D eigenvalue weighted by Gasteiger charge is -2.15. The van der Waals surface area contributed by atoms with Gasteiger partial charge in [0.2, 0.25) is 5.91 Å². The maximum Gasteiger partial charge on any atom is 0.387 e. The highest BCUT2D eigenvalue weighted by Gasteiger charge is 2.29. The predicted molar refractivity (Wildman–Crippen MR) is 86.8 cm³/mol. The average molecular weight is 416 g/mol. The normalized spacial score (nSPS) is 20.2. The number of nitrogens with two attached hydrogens (primary N) is 1. The highest BCUT2D eigenvalue weighted by Crippen LogP contribution is 2.25. The minimum atomic E-state index is -2.92. The number of carbonyl (C=O) groups is 1. The van der Waals surface area contributed by atoms with Crippen molar-refractivity contribution in [2.24, 2.45) is 5.73 Å². The molecular formula is C14H18BrClF2N2O3. The van der Waals surface area contributed by atoms with Crippen LogP contribution in [-0.2, 0) is 16.1 Å². The summed E-state index contributed by atoms with van der Waals surface area (Å²) in [6.45, 7) is -2.46. The van der Waals surface area contributed by atoms with Crippen LogP contribution in [0.1, 0.15) is 18.4 Å². The first kappa shape index (κ1) is 20.1. The van der Waals surface area contributed by atoms with E-state index in [1.54, 1.807) is 12.1 Å². The van der Waals surface area contributed by atoms with Crippen molar-refractivity contribution in [3.8, 4) is 5.75 Å². The van der Waals surface area contributed by atoms with Crippen LogP contribution in [0.5, 0.6) is 5.75 Å². The minimum Gasteiger partial charge on any atom is -0.434 e. The van der Waals surface area contributed by atoms with Crippen LogP contribution in [0.2, 0.25) is 0 Å². The molecule has 0 saturated carbocycles. The second kappa shape index (κ2) is 9.36. The molecular weight excluding hydrogens is 398 g/mol. The molecule has 1 aliphatic rings. The topological polar surface area (TPSA) is 73.6 Å². The summed E-state index contributed by atoms with van der Waals surface area (Å²) in [6.07, 6.45) is 0.706. The average Bonchev–Trinajstić information content (AvgIpc) is 2.95. The number of carbonyl (C=O) groups excluding carboxylic acids is 1. The Bertz CT molecular complexity index is 537. The fourth-order valence-corrected chi connectivity index (χ4v) is 2.67. The van der Waals surface area contributed by atoms with Gasteiger partial charge in [-0.25, -0.2) is 0 Å². The van der Waals surface area contributed by atoms with E-state index in [2.05, 4.69) is 26.0 Å². The first-order valence-corrected chi connectivity index (χ1v) is 7.65. The lowest BCUT2D eigenvalue weighted by Crippen LogP contribution is -2.35. The van der Waals surface area contributed by atoms with Crippen LogP contribution in [0.4, 0.5) is 8.78 Å². The molecule has 0 spiro atoms. The summed E-state index contributed by atoms with van der Waals surface area (Å²) in [6, 6.07) is 4.64. The van der Waals surface area contributed by atoms with Crippen molar-refractivity contribution in [2.75, 3.05) is 6.54 Å². The molecule has 1 aromatic carbocycles. The van der Waals surface area contributed by atoms with Gasteiger partial charge in [0.1, 0.15) is 11.9 Å².